The van der Waals surface area contributed by atoms with Crippen LogP contribution in [0.2, 0.25) is 0 Å². The second-order valence-electron chi connectivity index (χ2n) is 6.31. The first kappa shape index (κ1) is 19.2. The fraction of sp³-hybridized carbons (Fsp3) is 0.375. The van der Waals surface area contributed by atoms with E-state index in [1.165, 1.54) is 19.3 Å². The van der Waals surface area contributed by atoms with Gasteiger partial charge in [0.2, 0.25) is 0 Å². The molecule has 0 radical (unpaired) electrons. The minimum Gasteiger partial charge on any atom is -0.346 e. The molecule has 0 amide bonds. The predicted octanol–water partition coefficient (Wildman–Crippen LogP) is 2.15. The van der Waals surface area contributed by atoms with Gasteiger partial charge in [-0.2, -0.15) is 10.4 Å². The molecule has 1 atom stereocenters. The molecular weight excluding hydrogens is 371 g/mol. The van der Waals surface area contributed by atoms with Crippen LogP contribution in [0.4, 0.5) is 0 Å². The highest BCUT2D eigenvalue weighted by Crippen LogP contribution is 2.38. The number of aromatic nitrogens is 5. The van der Waals surface area contributed by atoms with Crippen molar-refractivity contribution in [1.82, 2.24) is 24.7 Å². The Morgan fingerprint density at radius 3 is 2.74 bits per heavy atom. The molecule has 0 spiro atoms. The topological polar surface area (TPSA) is 161 Å². The first-order valence-electron chi connectivity index (χ1n) is 8.34. The Morgan fingerprint density at radius 2 is 2.11 bits per heavy atom. The normalized spacial score (nSPS) is 15.5. The third kappa shape index (κ3) is 4.78. The number of hydrogen-bond acceptors (Lipinski definition) is 5. The number of H-pyrrole nitrogens is 1. The number of rotatable bonds is 4. The monoisotopic (exact) mass is 390 g/mol. The minimum atomic E-state index is -4.64. The van der Waals surface area contributed by atoms with E-state index in [0.29, 0.717) is 12.3 Å². The van der Waals surface area contributed by atoms with Crippen LogP contribution in [0.3, 0.4) is 0 Å². The van der Waals surface area contributed by atoms with Crippen LogP contribution in [0, 0.1) is 17.2 Å². The third-order valence-corrected chi connectivity index (χ3v) is 4.56. The summed E-state index contributed by atoms with van der Waals surface area (Å²) in [5.41, 5.74) is 2.67. The molecule has 0 saturated heterocycles. The number of nitrogens with one attached hydrogen (secondary N) is 1. The summed E-state index contributed by atoms with van der Waals surface area (Å²) in [5.74, 6) is 0.574. The molecule has 27 heavy (non-hydrogen) atoms. The second-order valence-corrected chi connectivity index (χ2v) is 7.33. The van der Waals surface area contributed by atoms with Crippen molar-refractivity contribution in [3.63, 3.8) is 0 Å². The molecule has 3 aromatic heterocycles. The van der Waals surface area contributed by atoms with Crippen LogP contribution in [-0.2, 0) is 4.57 Å². The molecule has 4 rings (SSSR count). The Kier molecular flexibility index (Phi) is 5.68. The van der Waals surface area contributed by atoms with Gasteiger partial charge in [-0.05, 0) is 24.8 Å². The predicted molar refractivity (Wildman–Crippen MR) is 96.0 cm³/mol. The lowest BCUT2D eigenvalue weighted by Crippen LogP contribution is -2.25. The largest absolute Gasteiger partial charge is 0.466 e. The Hall–Kier alpha value is -2.57. The van der Waals surface area contributed by atoms with Crippen LogP contribution < -0.4 is 0 Å². The number of nitrogens with zero attached hydrogens (tertiary/aromatic N) is 5. The first-order valence-corrected chi connectivity index (χ1v) is 9.91. The SMILES string of the molecule is N#CC[C@@H](C1CCC1)n1cc(-c2ncnc3[nH]ccc23)cn1.O=P(O)(O)O. The zero-order valence-corrected chi connectivity index (χ0v) is 15.2. The maximum Gasteiger partial charge on any atom is 0.466 e. The summed E-state index contributed by atoms with van der Waals surface area (Å²) in [7, 11) is -4.64. The van der Waals surface area contributed by atoms with Crippen LogP contribution in [0.1, 0.15) is 31.7 Å². The Morgan fingerprint density at radius 1 is 1.37 bits per heavy atom. The van der Waals surface area contributed by atoms with E-state index in [1.807, 2.05) is 29.3 Å². The summed E-state index contributed by atoms with van der Waals surface area (Å²) in [6.45, 7) is 0. The van der Waals surface area contributed by atoms with Gasteiger partial charge in [0.25, 0.3) is 0 Å². The van der Waals surface area contributed by atoms with Crippen molar-refractivity contribution in [1.29, 1.82) is 5.26 Å². The maximum absolute atomic E-state index is 9.09. The highest BCUT2D eigenvalue weighted by atomic mass is 31.2. The molecule has 1 aliphatic carbocycles. The molecule has 0 bridgehead atoms. The van der Waals surface area contributed by atoms with E-state index >= 15 is 0 Å². The van der Waals surface area contributed by atoms with Crippen molar-refractivity contribution in [3.05, 3.63) is 31.0 Å². The molecule has 11 heteroatoms. The quantitative estimate of drug-likeness (QED) is 0.493. The minimum absolute atomic E-state index is 0.177. The summed E-state index contributed by atoms with van der Waals surface area (Å²) in [6.07, 6.45) is 11.4. The van der Waals surface area contributed by atoms with E-state index in [0.717, 1.165) is 22.3 Å². The molecule has 0 aliphatic heterocycles. The fourth-order valence-electron chi connectivity index (χ4n) is 3.14. The summed E-state index contributed by atoms with van der Waals surface area (Å²) < 4.78 is 10.8. The standard InChI is InChI=1S/C16H16N6.H3O4P/c17-6-4-14(11-2-1-3-11)22-9-12(8-21-22)15-13-5-7-18-16(13)20-10-19-15;1-5(2,3)4/h5,7-11,14H,1-4H2,(H,18,19,20);(H3,1,2,3,4)/t14-;/m0./s1. The van der Waals surface area contributed by atoms with Crippen molar-refractivity contribution in [2.24, 2.45) is 5.92 Å². The lowest BCUT2D eigenvalue weighted by molar-refractivity contribution is 0.199. The third-order valence-electron chi connectivity index (χ3n) is 4.56. The summed E-state index contributed by atoms with van der Waals surface area (Å²) in [5, 5.41) is 14.6. The Balaban J connectivity index is 0.000000376. The average molecular weight is 390 g/mol. The van der Waals surface area contributed by atoms with E-state index in [2.05, 4.69) is 26.1 Å². The van der Waals surface area contributed by atoms with E-state index in [9.17, 15) is 0 Å². The van der Waals surface area contributed by atoms with Crippen molar-refractivity contribution < 1.29 is 19.2 Å². The van der Waals surface area contributed by atoms with Crippen LogP contribution in [0.15, 0.2) is 31.0 Å². The van der Waals surface area contributed by atoms with E-state index in [-0.39, 0.29) is 6.04 Å². The van der Waals surface area contributed by atoms with Crippen LogP contribution in [-0.4, -0.2) is 39.4 Å². The van der Waals surface area contributed by atoms with Crippen molar-refractivity contribution in [3.8, 4) is 17.3 Å². The molecule has 1 aliphatic rings. The van der Waals surface area contributed by atoms with Gasteiger partial charge in [0.05, 0.1) is 30.4 Å². The summed E-state index contributed by atoms with van der Waals surface area (Å²) in [6, 6.07) is 4.45. The van der Waals surface area contributed by atoms with Gasteiger partial charge in [-0.15, -0.1) is 0 Å². The van der Waals surface area contributed by atoms with Gasteiger partial charge in [0.15, 0.2) is 0 Å². The number of fused-ring (bicyclic) bond motifs is 1. The first-order chi connectivity index (χ1) is 12.9. The molecule has 0 aromatic carbocycles. The maximum atomic E-state index is 9.09. The van der Waals surface area contributed by atoms with Gasteiger partial charge in [0, 0.05) is 23.3 Å². The molecular formula is C16H19N6O4P. The molecule has 1 fully saturated rings. The van der Waals surface area contributed by atoms with E-state index < -0.39 is 7.82 Å². The lowest BCUT2D eigenvalue weighted by Gasteiger charge is -2.32. The van der Waals surface area contributed by atoms with Gasteiger partial charge in [-0.1, -0.05) is 6.42 Å². The lowest BCUT2D eigenvalue weighted by atomic mass is 9.79. The zero-order chi connectivity index (χ0) is 19.4. The van der Waals surface area contributed by atoms with Crippen LogP contribution >= 0.6 is 7.82 Å². The number of phosphoric acid groups is 1. The molecule has 0 unspecified atom stereocenters. The average Bonchev–Trinajstić information content (AvgIpc) is 3.20. The highest BCUT2D eigenvalue weighted by molar-refractivity contribution is 7.45. The molecule has 3 aromatic rings. The molecule has 4 N–H and O–H groups in total. The molecule has 1 saturated carbocycles. The number of nitriles is 1. The number of aromatic amines is 1. The van der Waals surface area contributed by atoms with Crippen molar-refractivity contribution >= 4 is 18.9 Å². The van der Waals surface area contributed by atoms with Gasteiger partial charge in [-0.3, -0.25) is 4.68 Å². The van der Waals surface area contributed by atoms with Gasteiger partial charge >= 0.3 is 7.82 Å². The summed E-state index contributed by atoms with van der Waals surface area (Å²) in [4.78, 5) is 33.3. The Labute approximate surface area is 154 Å². The Bertz CT molecular complexity index is 991. The van der Waals surface area contributed by atoms with E-state index in [4.69, 9.17) is 24.5 Å². The number of hydrogen-bond donors (Lipinski definition) is 4. The van der Waals surface area contributed by atoms with Gasteiger partial charge in [-0.25, -0.2) is 14.5 Å². The molecule has 10 nitrogen and oxygen atoms in total. The van der Waals surface area contributed by atoms with Crippen LogP contribution in [0.5, 0.6) is 0 Å². The zero-order valence-electron chi connectivity index (χ0n) is 14.3. The second kappa shape index (κ2) is 7.98. The van der Waals surface area contributed by atoms with Crippen molar-refractivity contribution in [2.75, 3.05) is 0 Å². The van der Waals surface area contributed by atoms with E-state index in [1.54, 1.807) is 6.33 Å². The highest BCUT2D eigenvalue weighted by Gasteiger charge is 2.29. The fourth-order valence-corrected chi connectivity index (χ4v) is 3.14. The van der Waals surface area contributed by atoms with Crippen molar-refractivity contribution in [2.45, 2.75) is 31.7 Å². The molecule has 3 heterocycles. The molecule has 142 valence electrons. The van der Waals surface area contributed by atoms with Gasteiger partial charge in [0.1, 0.15) is 12.0 Å². The van der Waals surface area contributed by atoms with Gasteiger partial charge < -0.3 is 19.7 Å². The summed E-state index contributed by atoms with van der Waals surface area (Å²) >= 11 is 0. The smallest absolute Gasteiger partial charge is 0.346 e. The van der Waals surface area contributed by atoms with Crippen LogP contribution in [0.25, 0.3) is 22.3 Å².